The third-order valence-electron chi connectivity index (χ3n) is 1.50. The Hall–Kier alpha value is -1.31. The van der Waals surface area contributed by atoms with E-state index < -0.39 is 0 Å². The summed E-state index contributed by atoms with van der Waals surface area (Å²) in [5, 5.41) is 0. The van der Waals surface area contributed by atoms with Gasteiger partial charge in [-0.15, -0.1) is 0 Å². The minimum Gasteiger partial charge on any atom is -0.288 e. The lowest BCUT2D eigenvalue weighted by Crippen LogP contribution is -2.06. The molecule has 2 heteroatoms. The first-order valence-corrected chi connectivity index (χ1v) is 3.56. The zero-order valence-electron chi connectivity index (χ0n) is 6.74. The predicted octanol–water partition coefficient (Wildman–Crippen LogP) is 2.01. The second-order valence-corrected chi connectivity index (χ2v) is 2.36. The van der Waals surface area contributed by atoms with E-state index in [1.165, 1.54) is 0 Å². The molecule has 0 unspecified atom stereocenters. The second-order valence-electron chi connectivity index (χ2n) is 2.36. The van der Waals surface area contributed by atoms with Gasteiger partial charge >= 0.3 is 0 Å². The Morgan fingerprint density at radius 3 is 2.82 bits per heavy atom. The summed E-state index contributed by atoms with van der Waals surface area (Å²) >= 11 is 0. The molecule has 0 aliphatic rings. The van der Waals surface area contributed by atoms with Gasteiger partial charge in [-0.25, -0.2) is 0 Å². The van der Waals surface area contributed by atoms with Gasteiger partial charge in [0.15, 0.2) is 0 Å². The van der Waals surface area contributed by atoms with Crippen LogP contribution in [-0.4, -0.2) is 10.5 Å². The van der Waals surface area contributed by atoms with Crippen molar-refractivity contribution in [1.29, 1.82) is 0 Å². The van der Waals surface area contributed by atoms with Crippen molar-refractivity contribution in [3.63, 3.8) is 0 Å². The molecule has 0 N–H and O–H groups in total. The summed E-state index contributed by atoms with van der Waals surface area (Å²) in [5.74, 6) is 0.00926. The number of carbonyl (C=O) groups is 1. The van der Waals surface area contributed by atoms with Crippen LogP contribution in [0.4, 0.5) is 0 Å². The van der Waals surface area contributed by atoms with E-state index in [-0.39, 0.29) is 5.91 Å². The van der Waals surface area contributed by atoms with Crippen molar-refractivity contribution in [2.45, 2.75) is 13.8 Å². The van der Waals surface area contributed by atoms with Crippen LogP contribution in [-0.2, 0) is 0 Å². The molecule has 0 saturated heterocycles. The fraction of sp³-hybridized carbons (Fsp3) is 0.222. The molecule has 0 spiro atoms. The van der Waals surface area contributed by atoms with E-state index >= 15 is 0 Å². The van der Waals surface area contributed by atoms with Crippen molar-refractivity contribution < 1.29 is 4.79 Å². The van der Waals surface area contributed by atoms with Gasteiger partial charge in [-0.3, -0.25) is 9.36 Å². The van der Waals surface area contributed by atoms with Crippen LogP contribution in [0.3, 0.4) is 0 Å². The first-order valence-electron chi connectivity index (χ1n) is 3.56. The SMILES string of the molecule is C/C=C/C(=O)n1cccc1C. The molecule has 0 fully saturated rings. The van der Waals surface area contributed by atoms with Crippen LogP contribution in [0.2, 0.25) is 0 Å². The predicted molar refractivity (Wildman–Crippen MR) is 44.6 cm³/mol. The van der Waals surface area contributed by atoms with Crippen molar-refractivity contribution in [2.24, 2.45) is 0 Å². The highest BCUT2D eigenvalue weighted by Gasteiger charge is 1.99. The van der Waals surface area contributed by atoms with Gasteiger partial charge in [0.05, 0.1) is 0 Å². The van der Waals surface area contributed by atoms with Crippen LogP contribution in [0.25, 0.3) is 0 Å². The molecule has 58 valence electrons. The summed E-state index contributed by atoms with van der Waals surface area (Å²) in [7, 11) is 0. The van der Waals surface area contributed by atoms with Gasteiger partial charge in [-0.1, -0.05) is 6.08 Å². The quantitative estimate of drug-likeness (QED) is 0.560. The summed E-state index contributed by atoms with van der Waals surface area (Å²) in [6.45, 7) is 3.73. The molecule has 0 aliphatic heterocycles. The summed E-state index contributed by atoms with van der Waals surface area (Å²) in [5.41, 5.74) is 0.966. The minimum atomic E-state index is 0.00926. The molecule has 0 aliphatic carbocycles. The third-order valence-corrected chi connectivity index (χ3v) is 1.50. The fourth-order valence-corrected chi connectivity index (χ4v) is 0.936. The Labute approximate surface area is 66.1 Å². The monoisotopic (exact) mass is 149 g/mol. The molecule has 2 nitrogen and oxygen atoms in total. The topological polar surface area (TPSA) is 22.0 Å². The van der Waals surface area contributed by atoms with Gasteiger partial charge in [0, 0.05) is 11.9 Å². The van der Waals surface area contributed by atoms with Gasteiger partial charge < -0.3 is 0 Å². The molecule has 1 aromatic heterocycles. The smallest absolute Gasteiger partial charge is 0.254 e. The van der Waals surface area contributed by atoms with E-state index in [0.717, 1.165) is 5.69 Å². The Bertz CT molecular complexity index is 284. The number of allylic oxidation sites excluding steroid dienone is 2. The standard InChI is InChI=1S/C9H11NO/c1-3-5-9(11)10-7-4-6-8(10)2/h3-7H,1-2H3/b5-3+. The highest BCUT2D eigenvalue weighted by atomic mass is 16.1. The maximum atomic E-state index is 11.2. The lowest BCUT2D eigenvalue weighted by atomic mass is 10.4. The minimum absolute atomic E-state index is 0.00926. The van der Waals surface area contributed by atoms with Crippen LogP contribution in [0, 0.1) is 6.92 Å². The third kappa shape index (κ3) is 1.58. The van der Waals surface area contributed by atoms with E-state index in [9.17, 15) is 4.79 Å². The molecule has 0 amide bonds. The number of carbonyl (C=O) groups excluding carboxylic acids is 1. The summed E-state index contributed by atoms with van der Waals surface area (Å²) in [4.78, 5) is 11.2. The molecule has 1 rings (SSSR count). The second kappa shape index (κ2) is 3.19. The molecule has 1 aromatic rings. The average molecular weight is 149 g/mol. The zero-order valence-corrected chi connectivity index (χ0v) is 6.74. The van der Waals surface area contributed by atoms with Crippen LogP contribution in [0.1, 0.15) is 17.4 Å². The van der Waals surface area contributed by atoms with Crippen LogP contribution in [0.15, 0.2) is 30.5 Å². The van der Waals surface area contributed by atoms with Gasteiger partial charge in [-0.05, 0) is 32.1 Å². The Balaban J connectivity index is 2.93. The first kappa shape index (κ1) is 7.79. The fourth-order valence-electron chi connectivity index (χ4n) is 0.936. The summed E-state index contributed by atoms with van der Waals surface area (Å²) < 4.78 is 1.61. The number of nitrogens with zero attached hydrogens (tertiary/aromatic N) is 1. The molecule has 0 saturated carbocycles. The Morgan fingerprint density at radius 2 is 2.36 bits per heavy atom. The first-order chi connectivity index (χ1) is 5.25. The van der Waals surface area contributed by atoms with E-state index in [1.54, 1.807) is 22.9 Å². The number of rotatable bonds is 1. The Morgan fingerprint density at radius 1 is 1.64 bits per heavy atom. The van der Waals surface area contributed by atoms with E-state index in [1.807, 2.05) is 26.0 Å². The van der Waals surface area contributed by atoms with E-state index in [4.69, 9.17) is 0 Å². The van der Waals surface area contributed by atoms with Crippen molar-refractivity contribution in [3.05, 3.63) is 36.2 Å². The molecule has 11 heavy (non-hydrogen) atoms. The van der Waals surface area contributed by atoms with E-state index in [0.29, 0.717) is 0 Å². The maximum Gasteiger partial charge on any atom is 0.254 e. The molecular formula is C9H11NO. The van der Waals surface area contributed by atoms with Crippen molar-refractivity contribution >= 4 is 5.91 Å². The van der Waals surface area contributed by atoms with Crippen LogP contribution in [0.5, 0.6) is 0 Å². The number of hydrogen-bond donors (Lipinski definition) is 0. The summed E-state index contributed by atoms with van der Waals surface area (Å²) in [6.07, 6.45) is 5.05. The number of aryl methyl sites for hydroxylation is 1. The van der Waals surface area contributed by atoms with Crippen LogP contribution >= 0.6 is 0 Å². The maximum absolute atomic E-state index is 11.2. The van der Waals surface area contributed by atoms with E-state index in [2.05, 4.69) is 0 Å². The van der Waals surface area contributed by atoms with Crippen LogP contribution < -0.4 is 0 Å². The van der Waals surface area contributed by atoms with Crippen molar-refractivity contribution in [2.75, 3.05) is 0 Å². The lowest BCUT2D eigenvalue weighted by molar-refractivity contribution is 0.0967. The largest absolute Gasteiger partial charge is 0.288 e. The molecule has 0 aromatic carbocycles. The van der Waals surface area contributed by atoms with Gasteiger partial charge in [0.1, 0.15) is 0 Å². The average Bonchev–Trinajstić information content (AvgIpc) is 2.36. The van der Waals surface area contributed by atoms with Gasteiger partial charge in [-0.2, -0.15) is 0 Å². The van der Waals surface area contributed by atoms with Gasteiger partial charge in [0.2, 0.25) is 0 Å². The van der Waals surface area contributed by atoms with Crippen molar-refractivity contribution in [3.8, 4) is 0 Å². The highest BCUT2D eigenvalue weighted by Crippen LogP contribution is 1.99. The molecule has 0 atom stereocenters. The molecular weight excluding hydrogens is 138 g/mol. The summed E-state index contributed by atoms with van der Waals surface area (Å²) in [6, 6.07) is 3.76. The van der Waals surface area contributed by atoms with Crippen molar-refractivity contribution in [1.82, 2.24) is 4.57 Å². The molecule has 0 radical (unpaired) electrons. The molecule has 0 bridgehead atoms. The normalized spacial score (nSPS) is 10.7. The lowest BCUT2D eigenvalue weighted by Gasteiger charge is -1.97. The zero-order chi connectivity index (χ0) is 8.27. The number of aromatic nitrogens is 1. The Kier molecular flexibility index (Phi) is 2.26. The highest BCUT2D eigenvalue weighted by molar-refractivity contribution is 5.90. The van der Waals surface area contributed by atoms with Gasteiger partial charge in [0.25, 0.3) is 5.91 Å². The molecule has 1 heterocycles. The number of hydrogen-bond acceptors (Lipinski definition) is 1.